The third-order valence-electron chi connectivity index (χ3n) is 4.58. The lowest BCUT2D eigenvalue weighted by molar-refractivity contribution is 0.433. The van der Waals surface area contributed by atoms with Crippen molar-refractivity contribution >= 4 is 0 Å². The standard InChI is InChI=1S/C17H16N2/c1-12-6-7-17(10-12)11-15-13(4-2-8-18-15)16-14(17)5-3-9-19-16/h2-5,8-9H,1,6-7,10-11H2. The van der Waals surface area contributed by atoms with E-state index in [0.29, 0.717) is 0 Å². The molecule has 0 aromatic carbocycles. The fourth-order valence-electron chi connectivity index (χ4n) is 3.71. The Kier molecular flexibility index (Phi) is 2.16. The fourth-order valence-corrected chi connectivity index (χ4v) is 3.71. The topological polar surface area (TPSA) is 25.8 Å². The van der Waals surface area contributed by atoms with Crippen LogP contribution in [0.25, 0.3) is 11.3 Å². The molecule has 0 amide bonds. The number of fused-ring (bicyclic) bond motifs is 4. The molecule has 1 spiro atoms. The average molecular weight is 248 g/mol. The summed E-state index contributed by atoms with van der Waals surface area (Å²) in [5.41, 5.74) is 6.50. The molecular formula is C17H16N2. The van der Waals surface area contributed by atoms with E-state index < -0.39 is 0 Å². The minimum absolute atomic E-state index is 0.196. The second-order valence-electron chi connectivity index (χ2n) is 5.78. The van der Waals surface area contributed by atoms with Gasteiger partial charge in [-0.1, -0.05) is 18.2 Å². The van der Waals surface area contributed by atoms with Crippen molar-refractivity contribution in [2.75, 3.05) is 0 Å². The number of aromatic nitrogens is 2. The molecule has 19 heavy (non-hydrogen) atoms. The zero-order chi connectivity index (χ0) is 12.9. The molecule has 4 rings (SSSR count). The van der Waals surface area contributed by atoms with Gasteiger partial charge in [0.15, 0.2) is 0 Å². The van der Waals surface area contributed by atoms with Gasteiger partial charge in [0.2, 0.25) is 0 Å². The predicted molar refractivity (Wildman–Crippen MR) is 75.8 cm³/mol. The zero-order valence-corrected chi connectivity index (χ0v) is 10.9. The number of hydrogen-bond acceptors (Lipinski definition) is 2. The first-order chi connectivity index (χ1) is 9.28. The third kappa shape index (κ3) is 1.49. The number of nitrogens with zero attached hydrogens (tertiary/aromatic N) is 2. The number of pyridine rings is 2. The van der Waals surface area contributed by atoms with Crippen LogP contribution in [0.1, 0.15) is 30.5 Å². The minimum atomic E-state index is 0.196. The lowest BCUT2D eigenvalue weighted by Gasteiger charge is -2.35. The molecular weight excluding hydrogens is 232 g/mol. The second-order valence-corrected chi connectivity index (χ2v) is 5.78. The molecule has 2 nitrogen and oxygen atoms in total. The van der Waals surface area contributed by atoms with Gasteiger partial charge in [0.05, 0.1) is 11.4 Å². The summed E-state index contributed by atoms with van der Waals surface area (Å²) in [5, 5.41) is 0. The highest BCUT2D eigenvalue weighted by Crippen LogP contribution is 2.51. The van der Waals surface area contributed by atoms with Crippen LogP contribution in [0.5, 0.6) is 0 Å². The molecule has 0 bridgehead atoms. The van der Waals surface area contributed by atoms with Gasteiger partial charge in [-0.15, -0.1) is 0 Å². The van der Waals surface area contributed by atoms with Gasteiger partial charge in [-0.2, -0.15) is 0 Å². The van der Waals surface area contributed by atoms with Crippen molar-refractivity contribution in [2.24, 2.45) is 0 Å². The van der Waals surface area contributed by atoms with Crippen molar-refractivity contribution in [3.05, 3.63) is 60.1 Å². The minimum Gasteiger partial charge on any atom is -0.261 e. The first-order valence-corrected chi connectivity index (χ1v) is 6.85. The Balaban J connectivity index is 1.98. The lowest BCUT2D eigenvalue weighted by Crippen LogP contribution is -2.30. The normalized spacial score (nSPS) is 24.3. The van der Waals surface area contributed by atoms with E-state index in [2.05, 4.69) is 34.7 Å². The highest BCUT2D eigenvalue weighted by Gasteiger charge is 2.43. The van der Waals surface area contributed by atoms with Crippen LogP contribution in [0.2, 0.25) is 0 Å². The summed E-state index contributed by atoms with van der Waals surface area (Å²) in [6.07, 6.45) is 8.21. The van der Waals surface area contributed by atoms with Gasteiger partial charge in [0, 0.05) is 29.8 Å². The van der Waals surface area contributed by atoms with E-state index in [4.69, 9.17) is 0 Å². The Labute approximate surface area is 113 Å². The average Bonchev–Trinajstić information content (AvgIpc) is 2.81. The van der Waals surface area contributed by atoms with E-state index in [1.54, 1.807) is 0 Å². The zero-order valence-electron chi connectivity index (χ0n) is 10.9. The molecule has 0 radical (unpaired) electrons. The van der Waals surface area contributed by atoms with Crippen LogP contribution in [0.4, 0.5) is 0 Å². The van der Waals surface area contributed by atoms with E-state index in [1.807, 2.05) is 18.5 Å². The molecule has 1 atom stereocenters. The van der Waals surface area contributed by atoms with Crippen molar-refractivity contribution in [1.29, 1.82) is 0 Å². The van der Waals surface area contributed by atoms with Crippen molar-refractivity contribution in [3.63, 3.8) is 0 Å². The van der Waals surface area contributed by atoms with Crippen molar-refractivity contribution < 1.29 is 0 Å². The second kappa shape index (κ2) is 3.77. The van der Waals surface area contributed by atoms with Crippen LogP contribution in [-0.2, 0) is 11.8 Å². The highest BCUT2D eigenvalue weighted by molar-refractivity contribution is 5.70. The van der Waals surface area contributed by atoms with Crippen LogP contribution < -0.4 is 0 Å². The molecule has 1 fully saturated rings. The Bertz CT molecular complexity index is 674. The first kappa shape index (κ1) is 10.9. The Morgan fingerprint density at radius 1 is 1.05 bits per heavy atom. The van der Waals surface area contributed by atoms with Crippen LogP contribution in [-0.4, -0.2) is 9.97 Å². The Morgan fingerprint density at radius 3 is 2.74 bits per heavy atom. The van der Waals surface area contributed by atoms with Crippen molar-refractivity contribution in [1.82, 2.24) is 9.97 Å². The smallest absolute Gasteiger partial charge is 0.0758 e. The number of hydrogen-bond donors (Lipinski definition) is 0. The molecule has 1 unspecified atom stereocenters. The molecule has 0 N–H and O–H groups in total. The molecule has 2 aliphatic carbocycles. The highest BCUT2D eigenvalue weighted by atomic mass is 14.8. The summed E-state index contributed by atoms with van der Waals surface area (Å²) < 4.78 is 0. The summed E-state index contributed by atoms with van der Waals surface area (Å²) >= 11 is 0. The number of rotatable bonds is 0. The van der Waals surface area contributed by atoms with Crippen LogP contribution in [0.15, 0.2) is 48.8 Å². The van der Waals surface area contributed by atoms with Gasteiger partial charge in [-0.05, 0) is 43.0 Å². The Morgan fingerprint density at radius 2 is 1.89 bits per heavy atom. The quantitative estimate of drug-likeness (QED) is 0.665. The van der Waals surface area contributed by atoms with Gasteiger partial charge in [-0.3, -0.25) is 9.97 Å². The van der Waals surface area contributed by atoms with E-state index in [1.165, 1.54) is 28.8 Å². The van der Waals surface area contributed by atoms with Crippen molar-refractivity contribution in [3.8, 4) is 11.3 Å². The maximum Gasteiger partial charge on any atom is 0.0758 e. The number of allylic oxidation sites excluding steroid dienone is 1. The monoisotopic (exact) mass is 248 g/mol. The van der Waals surface area contributed by atoms with Gasteiger partial charge in [0.25, 0.3) is 0 Å². The van der Waals surface area contributed by atoms with Crippen LogP contribution >= 0.6 is 0 Å². The summed E-state index contributed by atoms with van der Waals surface area (Å²) in [7, 11) is 0. The Hall–Kier alpha value is -1.96. The van der Waals surface area contributed by atoms with Gasteiger partial charge >= 0.3 is 0 Å². The van der Waals surface area contributed by atoms with Crippen LogP contribution in [0, 0.1) is 0 Å². The van der Waals surface area contributed by atoms with Crippen molar-refractivity contribution in [2.45, 2.75) is 31.1 Å². The molecule has 2 aromatic rings. The summed E-state index contributed by atoms with van der Waals surface area (Å²) in [5.74, 6) is 0. The predicted octanol–water partition coefficient (Wildman–Crippen LogP) is 3.68. The summed E-state index contributed by atoms with van der Waals surface area (Å²) in [6, 6.07) is 8.45. The van der Waals surface area contributed by atoms with E-state index in [0.717, 1.165) is 25.0 Å². The summed E-state index contributed by atoms with van der Waals surface area (Å²) in [4.78, 5) is 9.23. The fraction of sp³-hybridized carbons (Fsp3) is 0.294. The van der Waals surface area contributed by atoms with E-state index in [9.17, 15) is 0 Å². The maximum absolute atomic E-state index is 4.63. The SMILES string of the molecule is C=C1CCC2(C1)Cc1ncccc1-c1ncccc12. The largest absolute Gasteiger partial charge is 0.261 e. The molecule has 0 aliphatic heterocycles. The van der Waals surface area contributed by atoms with E-state index in [-0.39, 0.29) is 5.41 Å². The molecule has 94 valence electrons. The molecule has 2 aliphatic rings. The molecule has 0 saturated heterocycles. The molecule has 1 saturated carbocycles. The van der Waals surface area contributed by atoms with Gasteiger partial charge in [0.1, 0.15) is 0 Å². The molecule has 2 heterocycles. The maximum atomic E-state index is 4.63. The third-order valence-corrected chi connectivity index (χ3v) is 4.58. The van der Waals surface area contributed by atoms with Gasteiger partial charge < -0.3 is 0 Å². The van der Waals surface area contributed by atoms with E-state index >= 15 is 0 Å². The first-order valence-electron chi connectivity index (χ1n) is 6.85. The van der Waals surface area contributed by atoms with Crippen LogP contribution in [0.3, 0.4) is 0 Å². The summed E-state index contributed by atoms with van der Waals surface area (Å²) in [6.45, 7) is 4.19. The van der Waals surface area contributed by atoms with Gasteiger partial charge in [-0.25, -0.2) is 0 Å². The molecule has 2 heteroatoms. The lowest BCUT2D eigenvalue weighted by atomic mass is 9.69. The molecule has 2 aromatic heterocycles.